The number of amides is 1. The number of carboxylic acid groups (broad SMARTS) is 1. The van der Waals surface area contributed by atoms with Gasteiger partial charge in [0.05, 0.1) is 13.2 Å². The number of phosphoric ester groups is 1. The lowest BCUT2D eigenvalue weighted by Gasteiger charge is -2.18. The molecule has 3 unspecified atom stereocenters. The van der Waals surface area contributed by atoms with Crippen molar-refractivity contribution in [1.82, 2.24) is 5.32 Å². The first-order valence-electron chi connectivity index (χ1n) is 25.7. The molecule has 0 radical (unpaired) electrons. The fraction of sp³-hybridized carbons (Fsp3) is 0.900. The summed E-state index contributed by atoms with van der Waals surface area (Å²) in [5, 5.41) is 21.9. The number of aliphatic hydroxyl groups excluding tert-OH is 1. The zero-order chi connectivity index (χ0) is 45.6. The molecule has 0 saturated heterocycles. The van der Waals surface area contributed by atoms with Gasteiger partial charge < -0.3 is 25.2 Å². The highest BCUT2D eigenvalue weighted by atomic mass is 31.2. The highest BCUT2D eigenvalue weighted by Gasteiger charge is 2.28. The van der Waals surface area contributed by atoms with E-state index in [-0.39, 0.29) is 12.8 Å². The maximum atomic E-state index is 12.4. The summed E-state index contributed by atoms with van der Waals surface area (Å²) in [5.74, 6) is -2.35. The fourth-order valence-electron chi connectivity index (χ4n) is 7.55. The fourth-order valence-corrected chi connectivity index (χ4v) is 8.32. The summed E-state index contributed by atoms with van der Waals surface area (Å²) in [6, 6.07) is -1.54. The Morgan fingerprint density at radius 2 is 0.839 bits per heavy atom. The van der Waals surface area contributed by atoms with Gasteiger partial charge in [-0.05, 0) is 38.5 Å². The quantitative estimate of drug-likeness (QED) is 0.0200. The Morgan fingerprint density at radius 1 is 0.500 bits per heavy atom. The molecule has 0 bridgehead atoms. The van der Waals surface area contributed by atoms with Crippen molar-refractivity contribution in [3.05, 3.63) is 12.2 Å². The van der Waals surface area contributed by atoms with Crippen LogP contribution in [-0.2, 0) is 32.7 Å². The Balaban J connectivity index is 3.80. The second-order valence-electron chi connectivity index (χ2n) is 17.7. The first-order chi connectivity index (χ1) is 30.1. The molecule has 0 fully saturated rings. The van der Waals surface area contributed by atoms with Crippen LogP contribution in [0.15, 0.2) is 12.2 Å². The largest absolute Gasteiger partial charge is 0.480 e. The Bertz CT molecular complexity index is 1110. The summed E-state index contributed by atoms with van der Waals surface area (Å²) in [6.07, 6.45) is 48.0. The van der Waals surface area contributed by atoms with Crippen molar-refractivity contribution in [2.45, 2.75) is 270 Å². The summed E-state index contributed by atoms with van der Waals surface area (Å²) in [4.78, 5) is 46.1. The third-order valence-corrected chi connectivity index (χ3v) is 12.5. The zero-order valence-electron chi connectivity index (χ0n) is 39.9. The van der Waals surface area contributed by atoms with Gasteiger partial charge in [0.1, 0.15) is 12.7 Å². The number of phosphoric acid groups is 1. The normalized spacial score (nSPS) is 13.6. The summed E-state index contributed by atoms with van der Waals surface area (Å²) in [5.41, 5.74) is 0. The minimum absolute atomic E-state index is 0.152. The molecular formula is C50H96NO10P. The highest BCUT2D eigenvalue weighted by Crippen LogP contribution is 2.43. The number of allylic oxidation sites excluding steroid dienone is 2. The van der Waals surface area contributed by atoms with Gasteiger partial charge in [-0.25, -0.2) is 9.36 Å². The van der Waals surface area contributed by atoms with E-state index < -0.39 is 57.6 Å². The van der Waals surface area contributed by atoms with E-state index in [1.807, 2.05) is 0 Å². The smallest absolute Gasteiger partial charge is 0.472 e. The molecule has 0 saturated carbocycles. The molecular weight excluding hydrogens is 806 g/mol. The van der Waals surface area contributed by atoms with Crippen molar-refractivity contribution in [3.63, 3.8) is 0 Å². The van der Waals surface area contributed by atoms with E-state index in [4.69, 9.17) is 13.8 Å². The van der Waals surface area contributed by atoms with Crippen molar-refractivity contribution < 1.29 is 47.8 Å². The van der Waals surface area contributed by atoms with Crippen molar-refractivity contribution in [1.29, 1.82) is 0 Å². The van der Waals surface area contributed by atoms with E-state index in [1.54, 1.807) is 0 Å². The minimum Gasteiger partial charge on any atom is -0.480 e. The number of carbonyl (C=O) groups is 3. The molecule has 0 rings (SSSR count). The van der Waals surface area contributed by atoms with E-state index in [2.05, 4.69) is 31.3 Å². The standard InChI is InChI=1S/C50H96NO10P/c1-3-5-7-9-11-13-15-17-19-21-23-25-27-29-31-33-35-37-39-41-48(53)51-47(50(55)56)45-61-62(57,58)60-44-46(52)43-59-49(54)42-40-38-36-34-32-30-28-26-24-22-20-18-16-14-12-10-8-6-4-2/h18,20,46-47,52H,3-17,19,21-45H2,1-2H3,(H,51,53)(H,55,56)(H,57,58)/b20-18+. The number of unbranched alkanes of at least 4 members (excludes halogenated alkanes) is 33. The number of hydrogen-bond acceptors (Lipinski definition) is 8. The number of rotatable bonds is 49. The maximum absolute atomic E-state index is 12.4. The average molecular weight is 902 g/mol. The van der Waals surface area contributed by atoms with Crippen molar-refractivity contribution in [2.75, 3.05) is 19.8 Å². The number of carboxylic acids is 1. The van der Waals surface area contributed by atoms with Gasteiger partial charge in [-0.15, -0.1) is 0 Å². The zero-order valence-corrected chi connectivity index (χ0v) is 40.8. The molecule has 12 heteroatoms. The number of ether oxygens (including phenoxy) is 1. The Kier molecular flexibility index (Phi) is 44.5. The second-order valence-corrected chi connectivity index (χ2v) is 19.2. The van der Waals surface area contributed by atoms with Gasteiger partial charge in [0.2, 0.25) is 5.91 Å². The topological polar surface area (TPSA) is 169 Å². The number of esters is 1. The van der Waals surface area contributed by atoms with Crippen molar-refractivity contribution in [2.24, 2.45) is 0 Å². The van der Waals surface area contributed by atoms with Crippen LogP contribution < -0.4 is 5.32 Å². The molecule has 0 aliphatic carbocycles. The molecule has 0 heterocycles. The Morgan fingerprint density at radius 3 is 1.23 bits per heavy atom. The molecule has 3 atom stereocenters. The van der Waals surface area contributed by atoms with Gasteiger partial charge in [-0.1, -0.05) is 219 Å². The molecule has 0 aromatic rings. The Labute approximate surface area is 379 Å². The molecule has 0 aromatic heterocycles. The van der Waals surface area contributed by atoms with Crippen LogP contribution in [0.2, 0.25) is 0 Å². The average Bonchev–Trinajstić information content (AvgIpc) is 3.25. The predicted molar refractivity (Wildman–Crippen MR) is 254 cm³/mol. The third kappa shape index (κ3) is 44.8. The van der Waals surface area contributed by atoms with E-state index in [9.17, 15) is 34.1 Å². The molecule has 0 spiro atoms. The van der Waals surface area contributed by atoms with E-state index >= 15 is 0 Å². The molecule has 4 N–H and O–H groups in total. The molecule has 62 heavy (non-hydrogen) atoms. The van der Waals surface area contributed by atoms with E-state index in [0.717, 1.165) is 38.5 Å². The highest BCUT2D eigenvalue weighted by molar-refractivity contribution is 7.47. The van der Waals surface area contributed by atoms with E-state index in [1.165, 1.54) is 180 Å². The lowest BCUT2D eigenvalue weighted by Crippen LogP contribution is -2.43. The van der Waals surface area contributed by atoms with Crippen LogP contribution >= 0.6 is 7.82 Å². The number of aliphatic carboxylic acids is 1. The third-order valence-electron chi connectivity index (χ3n) is 11.6. The van der Waals surface area contributed by atoms with Crippen LogP contribution in [0.1, 0.15) is 258 Å². The lowest BCUT2D eigenvalue weighted by atomic mass is 10.0. The van der Waals surface area contributed by atoms with Gasteiger partial charge >= 0.3 is 19.8 Å². The number of aliphatic hydroxyl groups is 1. The number of nitrogens with one attached hydrogen (secondary N) is 1. The summed E-state index contributed by atoms with van der Waals surface area (Å²) >= 11 is 0. The number of hydrogen-bond donors (Lipinski definition) is 4. The maximum Gasteiger partial charge on any atom is 0.472 e. The van der Waals surface area contributed by atoms with Gasteiger partial charge in [-0.3, -0.25) is 18.6 Å². The number of carbonyl (C=O) groups excluding carboxylic acids is 2. The monoisotopic (exact) mass is 902 g/mol. The SMILES string of the molecule is CCCCCCCC/C=C/CCCCCCCCCCCC(=O)OCC(O)COP(=O)(O)OCC(NC(=O)CCCCCCCCCCCCCCCCCCCCC)C(=O)O. The van der Waals surface area contributed by atoms with Gasteiger partial charge in [0, 0.05) is 12.8 Å². The van der Waals surface area contributed by atoms with Crippen LogP contribution in [0, 0.1) is 0 Å². The van der Waals surface area contributed by atoms with Gasteiger partial charge in [0.15, 0.2) is 6.04 Å². The van der Waals surface area contributed by atoms with Crippen LogP contribution in [0.4, 0.5) is 0 Å². The molecule has 11 nitrogen and oxygen atoms in total. The molecule has 366 valence electrons. The van der Waals surface area contributed by atoms with E-state index in [0.29, 0.717) is 12.8 Å². The first kappa shape index (κ1) is 60.2. The van der Waals surface area contributed by atoms with Crippen molar-refractivity contribution in [3.8, 4) is 0 Å². The molecule has 1 amide bonds. The minimum atomic E-state index is -4.76. The first-order valence-corrected chi connectivity index (χ1v) is 27.2. The van der Waals surface area contributed by atoms with Crippen LogP contribution in [-0.4, -0.2) is 64.9 Å². The summed E-state index contributed by atoms with van der Waals surface area (Å²) < 4.78 is 26.9. The van der Waals surface area contributed by atoms with Crippen LogP contribution in [0.25, 0.3) is 0 Å². The Hall–Kier alpha value is -1.78. The van der Waals surface area contributed by atoms with Crippen LogP contribution in [0.3, 0.4) is 0 Å². The van der Waals surface area contributed by atoms with Gasteiger partial charge in [0.25, 0.3) is 0 Å². The molecule has 0 aliphatic rings. The van der Waals surface area contributed by atoms with Crippen molar-refractivity contribution >= 4 is 25.7 Å². The van der Waals surface area contributed by atoms with Crippen LogP contribution in [0.5, 0.6) is 0 Å². The molecule has 0 aromatic carbocycles. The summed E-state index contributed by atoms with van der Waals surface area (Å²) in [6.45, 7) is 2.64. The second kappa shape index (κ2) is 45.8. The lowest BCUT2D eigenvalue weighted by molar-refractivity contribution is -0.147. The summed E-state index contributed by atoms with van der Waals surface area (Å²) in [7, 11) is -4.76. The molecule has 0 aliphatic heterocycles. The predicted octanol–water partition coefficient (Wildman–Crippen LogP) is 14.0. The van der Waals surface area contributed by atoms with Gasteiger partial charge in [-0.2, -0.15) is 0 Å².